The van der Waals surface area contributed by atoms with E-state index in [1.165, 1.54) is 0 Å². The zero-order chi connectivity index (χ0) is 8.77. The van der Waals surface area contributed by atoms with Crippen molar-refractivity contribution in [2.75, 3.05) is 0 Å². The summed E-state index contributed by atoms with van der Waals surface area (Å²) in [5.41, 5.74) is 1.01. The molecule has 0 radical (unpaired) electrons. The Morgan fingerprint density at radius 3 is 2.83 bits per heavy atom. The largest absolute Gasteiger partial charge is 0.272 e. The lowest BCUT2D eigenvalue weighted by molar-refractivity contribution is 0.0942. The summed E-state index contributed by atoms with van der Waals surface area (Å²) in [5, 5.41) is 3.94. The van der Waals surface area contributed by atoms with Gasteiger partial charge in [0.05, 0.1) is 6.20 Å². The van der Waals surface area contributed by atoms with Gasteiger partial charge in [-0.3, -0.25) is 4.68 Å². The molecule has 0 spiro atoms. The summed E-state index contributed by atoms with van der Waals surface area (Å²) in [4.78, 5) is 0. The topological polar surface area (TPSA) is 17.8 Å². The van der Waals surface area contributed by atoms with E-state index in [0.29, 0.717) is 6.54 Å². The molecule has 66 valence electrons. The monoisotopic (exact) mass is 172 g/mol. The predicted octanol–water partition coefficient (Wildman–Crippen LogP) is 1.85. The van der Waals surface area contributed by atoms with Gasteiger partial charge >= 0.3 is 0 Å². The molecule has 12 heavy (non-hydrogen) atoms. The zero-order valence-electron chi connectivity index (χ0n) is 6.80. The first-order valence-electron chi connectivity index (χ1n) is 3.95. The summed E-state index contributed by atoms with van der Waals surface area (Å²) < 4.78 is 26.5. The minimum absolute atomic E-state index is 0.0197. The molecule has 1 saturated carbocycles. The molecule has 1 atom stereocenters. The van der Waals surface area contributed by atoms with E-state index in [0.717, 1.165) is 5.56 Å². The fraction of sp³-hybridized carbons (Fsp3) is 0.625. The van der Waals surface area contributed by atoms with Gasteiger partial charge in [0.1, 0.15) is 0 Å². The Morgan fingerprint density at radius 1 is 1.75 bits per heavy atom. The Bertz CT molecular complexity index is 293. The minimum atomic E-state index is -2.43. The van der Waals surface area contributed by atoms with Crippen LogP contribution in [0, 0.1) is 12.8 Å². The quantitative estimate of drug-likeness (QED) is 0.665. The van der Waals surface area contributed by atoms with Crippen molar-refractivity contribution >= 4 is 0 Å². The summed E-state index contributed by atoms with van der Waals surface area (Å²) in [5.74, 6) is -2.92. The van der Waals surface area contributed by atoms with Gasteiger partial charge in [0.15, 0.2) is 0 Å². The highest BCUT2D eigenvalue weighted by molar-refractivity contribution is 5.01. The standard InChI is InChI=1S/C8H10F2N2/c1-6-3-11-12(4-6)5-7-2-8(7,9)10/h3-4,7H,2,5H2,1H3. The van der Waals surface area contributed by atoms with Crippen molar-refractivity contribution in [2.45, 2.75) is 25.8 Å². The summed E-state index contributed by atoms with van der Waals surface area (Å²) >= 11 is 0. The van der Waals surface area contributed by atoms with Crippen LogP contribution in [0.25, 0.3) is 0 Å². The van der Waals surface area contributed by atoms with Gasteiger partial charge in [-0.15, -0.1) is 0 Å². The predicted molar refractivity (Wildman–Crippen MR) is 40.0 cm³/mol. The molecule has 2 nitrogen and oxygen atoms in total. The number of nitrogens with zero attached hydrogens (tertiary/aromatic N) is 2. The lowest BCUT2D eigenvalue weighted by Crippen LogP contribution is -2.05. The van der Waals surface area contributed by atoms with E-state index >= 15 is 0 Å². The molecule has 1 fully saturated rings. The number of alkyl halides is 2. The van der Waals surface area contributed by atoms with E-state index in [2.05, 4.69) is 5.10 Å². The summed E-state index contributed by atoms with van der Waals surface area (Å²) in [6.07, 6.45) is 3.49. The lowest BCUT2D eigenvalue weighted by Gasteiger charge is -1.98. The zero-order valence-corrected chi connectivity index (χ0v) is 6.80. The SMILES string of the molecule is Cc1cnn(CC2CC2(F)F)c1. The molecule has 0 bridgehead atoms. The number of rotatable bonds is 2. The molecule has 2 rings (SSSR count). The van der Waals surface area contributed by atoms with Crippen molar-refractivity contribution in [1.29, 1.82) is 0 Å². The molecule has 1 aromatic rings. The van der Waals surface area contributed by atoms with Crippen molar-refractivity contribution in [2.24, 2.45) is 5.92 Å². The van der Waals surface area contributed by atoms with Crippen molar-refractivity contribution in [1.82, 2.24) is 9.78 Å². The number of aromatic nitrogens is 2. The first-order valence-corrected chi connectivity index (χ1v) is 3.95. The van der Waals surface area contributed by atoms with Crippen molar-refractivity contribution in [3.8, 4) is 0 Å². The van der Waals surface area contributed by atoms with Crippen LogP contribution in [0.1, 0.15) is 12.0 Å². The van der Waals surface area contributed by atoms with E-state index < -0.39 is 11.8 Å². The molecule has 0 aliphatic heterocycles. The average Bonchev–Trinajstić information content (AvgIpc) is 2.41. The molecule has 1 unspecified atom stereocenters. The van der Waals surface area contributed by atoms with E-state index in [-0.39, 0.29) is 6.42 Å². The van der Waals surface area contributed by atoms with Crippen molar-refractivity contribution in [3.05, 3.63) is 18.0 Å². The van der Waals surface area contributed by atoms with Crippen LogP contribution >= 0.6 is 0 Å². The normalized spacial score (nSPS) is 25.8. The minimum Gasteiger partial charge on any atom is -0.272 e. The maximum Gasteiger partial charge on any atom is 0.253 e. The molecule has 1 aromatic heterocycles. The fourth-order valence-corrected chi connectivity index (χ4v) is 1.26. The van der Waals surface area contributed by atoms with Gasteiger partial charge in [0, 0.05) is 25.1 Å². The van der Waals surface area contributed by atoms with Gasteiger partial charge in [0.25, 0.3) is 5.92 Å². The van der Waals surface area contributed by atoms with E-state index in [1.54, 1.807) is 17.1 Å². The van der Waals surface area contributed by atoms with Gasteiger partial charge in [0.2, 0.25) is 0 Å². The Balaban J connectivity index is 1.97. The van der Waals surface area contributed by atoms with Gasteiger partial charge < -0.3 is 0 Å². The first kappa shape index (κ1) is 7.71. The Kier molecular flexibility index (Phi) is 1.46. The lowest BCUT2D eigenvalue weighted by atomic mass is 10.4. The highest BCUT2D eigenvalue weighted by Crippen LogP contribution is 2.49. The van der Waals surface area contributed by atoms with Crippen LogP contribution in [0.15, 0.2) is 12.4 Å². The molecular weight excluding hydrogens is 162 g/mol. The number of hydrogen-bond donors (Lipinski definition) is 0. The van der Waals surface area contributed by atoms with Crippen molar-refractivity contribution in [3.63, 3.8) is 0 Å². The molecule has 1 aliphatic carbocycles. The third-order valence-corrected chi connectivity index (χ3v) is 2.13. The molecule has 1 aliphatic rings. The number of aryl methyl sites for hydroxylation is 1. The van der Waals surface area contributed by atoms with Crippen LogP contribution in [0.3, 0.4) is 0 Å². The van der Waals surface area contributed by atoms with Gasteiger partial charge in [-0.05, 0) is 12.5 Å². The fourth-order valence-electron chi connectivity index (χ4n) is 1.26. The van der Waals surface area contributed by atoms with Crippen LogP contribution in [-0.2, 0) is 6.54 Å². The molecule has 0 aromatic carbocycles. The average molecular weight is 172 g/mol. The maximum atomic E-state index is 12.4. The summed E-state index contributed by atoms with van der Waals surface area (Å²) in [6, 6.07) is 0. The van der Waals surface area contributed by atoms with E-state index in [1.807, 2.05) is 6.92 Å². The smallest absolute Gasteiger partial charge is 0.253 e. The first-order chi connectivity index (χ1) is 5.58. The maximum absolute atomic E-state index is 12.4. The molecule has 1 heterocycles. The summed E-state index contributed by atoms with van der Waals surface area (Å²) in [7, 11) is 0. The second-order valence-corrected chi connectivity index (χ2v) is 3.40. The van der Waals surface area contributed by atoms with Gasteiger partial charge in [-0.25, -0.2) is 8.78 Å². The molecule has 0 amide bonds. The molecular formula is C8H10F2N2. The summed E-state index contributed by atoms with van der Waals surface area (Å²) in [6.45, 7) is 2.25. The molecule has 0 saturated heterocycles. The third-order valence-electron chi connectivity index (χ3n) is 2.13. The van der Waals surface area contributed by atoms with Crippen LogP contribution in [-0.4, -0.2) is 15.7 Å². The Hall–Kier alpha value is -0.930. The second-order valence-electron chi connectivity index (χ2n) is 3.40. The van der Waals surface area contributed by atoms with Gasteiger partial charge in [-0.1, -0.05) is 0 Å². The van der Waals surface area contributed by atoms with E-state index in [4.69, 9.17) is 0 Å². The van der Waals surface area contributed by atoms with Gasteiger partial charge in [-0.2, -0.15) is 5.10 Å². The third kappa shape index (κ3) is 1.33. The number of halogens is 2. The Labute approximate surface area is 69.2 Å². The molecule has 4 heteroatoms. The van der Waals surface area contributed by atoms with Crippen LogP contribution < -0.4 is 0 Å². The molecule has 0 N–H and O–H groups in total. The highest BCUT2D eigenvalue weighted by atomic mass is 19.3. The van der Waals surface area contributed by atoms with Crippen molar-refractivity contribution < 1.29 is 8.78 Å². The highest BCUT2D eigenvalue weighted by Gasteiger charge is 2.56. The number of hydrogen-bond acceptors (Lipinski definition) is 1. The Morgan fingerprint density at radius 2 is 2.42 bits per heavy atom. The second kappa shape index (κ2) is 2.28. The van der Waals surface area contributed by atoms with E-state index in [9.17, 15) is 8.78 Å². The van der Waals surface area contributed by atoms with Crippen LogP contribution in [0.4, 0.5) is 8.78 Å². The van der Waals surface area contributed by atoms with Crippen LogP contribution in [0.5, 0.6) is 0 Å². The van der Waals surface area contributed by atoms with Crippen LogP contribution in [0.2, 0.25) is 0 Å².